The first-order valence-corrected chi connectivity index (χ1v) is 8.11. The molecule has 1 aliphatic heterocycles. The van der Waals surface area contributed by atoms with Crippen molar-refractivity contribution in [2.24, 2.45) is 0 Å². The normalized spacial score (nSPS) is 19.4. The Morgan fingerprint density at radius 3 is 3.05 bits per heavy atom. The zero-order valence-electron chi connectivity index (χ0n) is 12.7. The van der Waals surface area contributed by atoms with Crippen molar-refractivity contribution in [3.05, 3.63) is 23.3 Å². The van der Waals surface area contributed by atoms with Crippen molar-refractivity contribution in [1.29, 1.82) is 0 Å². The van der Waals surface area contributed by atoms with Gasteiger partial charge < -0.3 is 9.42 Å². The summed E-state index contributed by atoms with van der Waals surface area (Å²) in [6, 6.07) is 2.04. The van der Waals surface area contributed by atoms with Gasteiger partial charge in [0, 0.05) is 43.3 Å². The van der Waals surface area contributed by atoms with E-state index >= 15 is 0 Å². The fraction of sp³-hybridized carbons (Fsp3) is 0.500. The van der Waals surface area contributed by atoms with Crippen molar-refractivity contribution in [3.63, 3.8) is 0 Å². The predicted molar refractivity (Wildman–Crippen MR) is 85.2 cm³/mol. The molecule has 0 aliphatic carbocycles. The maximum atomic E-state index is 12.0. The van der Waals surface area contributed by atoms with Gasteiger partial charge in [0.25, 0.3) is 0 Å². The number of anilines is 2. The number of hydrogen-bond donors (Lipinski definition) is 1. The minimum atomic E-state index is -0.0777. The molecule has 0 saturated carbocycles. The molecule has 3 rings (SSSR count). The largest absolute Gasteiger partial charge is 0.343 e. The van der Waals surface area contributed by atoms with Gasteiger partial charge >= 0.3 is 0 Å². The number of rotatable bonds is 4. The summed E-state index contributed by atoms with van der Waals surface area (Å²) >= 11 is 1.65. The van der Waals surface area contributed by atoms with Crippen LogP contribution >= 0.6 is 11.3 Å². The molecule has 118 valence electrons. The molecule has 0 spiro atoms. The number of hydrogen-bond acceptors (Lipinski definition) is 7. The fourth-order valence-electron chi connectivity index (χ4n) is 2.62. The third kappa shape index (κ3) is 3.45. The quantitative estimate of drug-likeness (QED) is 0.922. The van der Waals surface area contributed by atoms with Gasteiger partial charge in [-0.1, -0.05) is 5.16 Å². The highest BCUT2D eigenvalue weighted by molar-refractivity contribution is 7.13. The van der Waals surface area contributed by atoms with Crippen molar-refractivity contribution in [3.8, 4) is 0 Å². The van der Waals surface area contributed by atoms with Crippen LogP contribution in [0.2, 0.25) is 0 Å². The van der Waals surface area contributed by atoms with Crippen molar-refractivity contribution in [2.45, 2.75) is 19.9 Å². The monoisotopic (exact) mass is 321 g/mol. The van der Waals surface area contributed by atoms with E-state index in [0.717, 1.165) is 30.5 Å². The van der Waals surface area contributed by atoms with Crippen molar-refractivity contribution >= 4 is 28.3 Å². The number of aryl methyl sites for hydroxylation is 1. The van der Waals surface area contributed by atoms with Gasteiger partial charge in [-0.3, -0.25) is 15.0 Å². The smallest absolute Gasteiger partial charge is 0.240 e. The topological polar surface area (TPSA) is 74.5 Å². The van der Waals surface area contributed by atoms with Crippen LogP contribution in [0.5, 0.6) is 0 Å². The molecule has 1 N–H and O–H groups in total. The predicted octanol–water partition coefficient (Wildman–Crippen LogP) is 1.59. The third-order valence-electron chi connectivity index (χ3n) is 3.63. The molecule has 0 radical (unpaired) electrons. The lowest BCUT2D eigenvalue weighted by atomic mass is 10.2. The standard InChI is InChI=1S/C14H19N5O2S/c1-10-7-13(21-17-10)16-12(20)9-18-4-5-19(11(2)8-18)14-15-3-6-22-14/h3,6-7,11H,4-5,8-9H2,1-2H3,(H,16,20)/t11-/m1/s1. The van der Waals surface area contributed by atoms with E-state index in [9.17, 15) is 4.79 Å². The SMILES string of the molecule is Cc1cc(NC(=O)CN2CCN(c3nccs3)[C@H](C)C2)on1. The van der Waals surface area contributed by atoms with E-state index in [4.69, 9.17) is 4.52 Å². The zero-order valence-corrected chi connectivity index (χ0v) is 13.5. The highest BCUT2D eigenvalue weighted by atomic mass is 32.1. The van der Waals surface area contributed by atoms with E-state index in [-0.39, 0.29) is 5.91 Å². The van der Waals surface area contributed by atoms with Crippen LogP contribution in [0, 0.1) is 6.92 Å². The lowest BCUT2D eigenvalue weighted by Crippen LogP contribution is -2.53. The molecule has 1 saturated heterocycles. The Hall–Kier alpha value is -1.93. The molecule has 8 heteroatoms. The Morgan fingerprint density at radius 2 is 2.41 bits per heavy atom. The molecule has 0 bridgehead atoms. The molecule has 22 heavy (non-hydrogen) atoms. The second-order valence-electron chi connectivity index (χ2n) is 5.47. The lowest BCUT2D eigenvalue weighted by Gasteiger charge is -2.39. The van der Waals surface area contributed by atoms with Crippen LogP contribution in [0.1, 0.15) is 12.6 Å². The first-order chi connectivity index (χ1) is 10.6. The molecule has 2 aromatic heterocycles. The average molecular weight is 321 g/mol. The molecule has 7 nitrogen and oxygen atoms in total. The van der Waals surface area contributed by atoms with E-state index in [1.807, 2.05) is 18.5 Å². The summed E-state index contributed by atoms with van der Waals surface area (Å²) in [4.78, 5) is 20.8. The van der Waals surface area contributed by atoms with Gasteiger partial charge in [0.15, 0.2) is 5.13 Å². The summed E-state index contributed by atoms with van der Waals surface area (Å²) in [7, 11) is 0. The first kappa shape index (κ1) is 15.0. The highest BCUT2D eigenvalue weighted by Gasteiger charge is 2.26. The van der Waals surface area contributed by atoms with Crippen molar-refractivity contribution < 1.29 is 9.32 Å². The van der Waals surface area contributed by atoms with E-state index in [1.165, 1.54) is 0 Å². The van der Waals surface area contributed by atoms with Crippen LogP contribution in [0.25, 0.3) is 0 Å². The van der Waals surface area contributed by atoms with Crippen LogP contribution in [-0.4, -0.2) is 53.2 Å². The average Bonchev–Trinajstić information content (AvgIpc) is 3.11. The molecule has 1 atom stereocenters. The second kappa shape index (κ2) is 6.45. The minimum absolute atomic E-state index is 0.0777. The van der Waals surface area contributed by atoms with Gasteiger partial charge in [-0.05, 0) is 13.8 Å². The van der Waals surface area contributed by atoms with E-state index < -0.39 is 0 Å². The van der Waals surface area contributed by atoms with Gasteiger partial charge in [0.2, 0.25) is 11.8 Å². The molecule has 2 aromatic rings. The molecule has 0 unspecified atom stereocenters. The molecule has 1 amide bonds. The number of nitrogens with zero attached hydrogens (tertiary/aromatic N) is 4. The summed E-state index contributed by atoms with van der Waals surface area (Å²) in [5.41, 5.74) is 0.751. The highest BCUT2D eigenvalue weighted by Crippen LogP contribution is 2.22. The number of carbonyl (C=O) groups is 1. The van der Waals surface area contributed by atoms with Gasteiger partial charge in [-0.25, -0.2) is 4.98 Å². The van der Waals surface area contributed by atoms with Crippen LogP contribution < -0.4 is 10.2 Å². The third-order valence-corrected chi connectivity index (χ3v) is 4.44. The fourth-order valence-corrected chi connectivity index (χ4v) is 3.39. The molecular weight excluding hydrogens is 302 g/mol. The van der Waals surface area contributed by atoms with Gasteiger partial charge in [-0.15, -0.1) is 11.3 Å². The summed E-state index contributed by atoms with van der Waals surface area (Å²) < 4.78 is 5.00. The van der Waals surface area contributed by atoms with Crippen LogP contribution in [0.4, 0.5) is 11.0 Å². The Balaban J connectivity index is 1.51. The van der Waals surface area contributed by atoms with Crippen LogP contribution in [0.15, 0.2) is 22.2 Å². The van der Waals surface area contributed by atoms with E-state index in [1.54, 1.807) is 17.4 Å². The van der Waals surface area contributed by atoms with Gasteiger partial charge in [-0.2, -0.15) is 0 Å². The Bertz CT molecular complexity index is 627. The van der Waals surface area contributed by atoms with Gasteiger partial charge in [0.1, 0.15) is 0 Å². The van der Waals surface area contributed by atoms with Gasteiger partial charge in [0.05, 0.1) is 12.2 Å². The number of aromatic nitrogens is 2. The first-order valence-electron chi connectivity index (χ1n) is 7.23. The van der Waals surface area contributed by atoms with Crippen molar-refractivity contribution in [1.82, 2.24) is 15.0 Å². The number of piperazine rings is 1. The number of thiazole rings is 1. The summed E-state index contributed by atoms with van der Waals surface area (Å²) in [5, 5.41) is 9.52. The van der Waals surface area contributed by atoms with Crippen molar-refractivity contribution in [2.75, 3.05) is 36.4 Å². The molecule has 0 aromatic carbocycles. The minimum Gasteiger partial charge on any atom is -0.343 e. The number of amides is 1. The Morgan fingerprint density at radius 1 is 1.55 bits per heavy atom. The summed E-state index contributed by atoms with van der Waals surface area (Å²) in [5.74, 6) is 0.322. The van der Waals surface area contributed by atoms with E-state index in [0.29, 0.717) is 18.5 Å². The summed E-state index contributed by atoms with van der Waals surface area (Å²) in [6.07, 6.45) is 1.83. The van der Waals surface area contributed by atoms with Crippen LogP contribution in [0.3, 0.4) is 0 Å². The molecule has 3 heterocycles. The second-order valence-corrected chi connectivity index (χ2v) is 6.35. The molecule has 1 aliphatic rings. The molecular formula is C14H19N5O2S. The zero-order chi connectivity index (χ0) is 15.5. The lowest BCUT2D eigenvalue weighted by molar-refractivity contribution is -0.117. The molecule has 1 fully saturated rings. The number of carbonyl (C=O) groups excluding carboxylic acids is 1. The van der Waals surface area contributed by atoms with E-state index in [2.05, 4.69) is 32.2 Å². The maximum Gasteiger partial charge on any atom is 0.240 e. The Kier molecular flexibility index (Phi) is 4.39. The van der Waals surface area contributed by atoms with Crippen LogP contribution in [-0.2, 0) is 4.79 Å². The maximum absolute atomic E-state index is 12.0. The Labute approximate surface area is 132 Å². The summed E-state index contributed by atoms with van der Waals surface area (Å²) in [6.45, 7) is 6.89. The number of nitrogens with one attached hydrogen (secondary N) is 1.